The largest absolute Gasteiger partial charge is 0.366 e. The molecule has 0 aromatic carbocycles. The normalized spacial score (nSPS) is 62.5. The smallest absolute Gasteiger partial charge is 0.192 e. The molecule has 0 bridgehead atoms. The first-order chi connectivity index (χ1) is 2.88. The van der Waals surface area contributed by atoms with Crippen molar-refractivity contribution in [2.24, 2.45) is 0 Å². The van der Waals surface area contributed by atoms with Crippen molar-refractivity contribution in [2.75, 3.05) is 0 Å². The highest BCUT2D eigenvalue weighted by atomic mass is 16.9. The maximum Gasteiger partial charge on any atom is 0.192 e. The van der Waals surface area contributed by atoms with E-state index >= 15 is 0 Å². The zero-order valence-corrected chi connectivity index (χ0v) is 3.00. The molecule has 3 heteroatoms. The fourth-order valence-corrected chi connectivity index (χ4v) is 0.546. The predicted octanol–water partition coefficient (Wildman–Crippen LogP) is -0.940. The number of aliphatic hydroxyl groups excluding tert-OH is 1. The monoisotopic (exact) mass is 88.0 g/mol. The van der Waals surface area contributed by atoms with Crippen molar-refractivity contribution in [3.63, 3.8) is 0 Å². The van der Waals surface area contributed by atoms with E-state index in [0.29, 0.717) is 0 Å². The lowest BCUT2D eigenvalue weighted by Gasteiger charge is -2.12. The Labute approximate surface area is 34.5 Å². The first-order valence-electron chi connectivity index (χ1n) is 1.87. The number of rotatable bonds is 0. The van der Waals surface area contributed by atoms with Crippen LogP contribution in [-0.4, -0.2) is 23.8 Å². The number of epoxide rings is 1. The molecule has 2 aliphatic heterocycles. The first kappa shape index (κ1) is 2.96. The van der Waals surface area contributed by atoms with E-state index in [9.17, 15) is 0 Å². The zero-order chi connectivity index (χ0) is 4.15. The fourth-order valence-electron chi connectivity index (χ4n) is 0.546. The quantitative estimate of drug-likeness (QED) is 0.388. The molecule has 0 aromatic heterocycles. The van der Waals surface area contributed by atoms with Crippen LogP contribution in [-0.2, 0) is 9.47 Å². The second-order valence-electron chi connectivity index (χ2n) is 1.50. The van der Waals surface area contributed by atoms with E-state index in [4.69, 9.17) is 5.11 Å². The SMILES string of the molecule is OC1OC2OC12. The Balaban J connectivity index is 2.08. The average Bonchev–Trinajstić information content (AvgIpc) is 2.12. The second kappa shape index (κ2) is 0.621. The maximum atomic E-state index is 8.41. The lowest BCUT2D eigenvalue weighted by atomic mass is 10.4. The van der Waals surface area contributed by atoms with E-state index in [2.05, 4.69) is 9.47 Å². The van der Waals surface area contributed by atoms with Gasteiger partial charge in [0.15, 0.2) is 18.7 Å². The summed E-state index contributed by atoms with van der Waals surface area (Å²) in [5, 5.41) is 8.41. The van der Waals surface area contributed by atoms with Gasteiger partial charge < -0.3 is 14.6 Å². The lowest BCUT2D eigenvalue weighted by Crippen LogP contribution is -2.32. The second-order valence-corrected chi connectivity index (χ2v) is 1.50. The minimum absolute atomic E-state index is 0.0324. The molecule has 0 radical (unpaired) electrons. The summed E-state index contributed by atoms with van der Waals surface area (Å²) in [7, 11) is 0. The summed E-state index contributed by atoms with van der Waals surface area (Å²) in [4.78, 5) is 0. The molecule has 0 aliphatic carbocycles. The molecule has 0 amide bonds. The summed E-state index contributed by atoms with van der Waals surface area (Å²) in [6.45, 7) is 0. The molecular formula is C3H4O3. The molecular weight excluding hydrogens is 84.0 g/mol. The predicted molar refractivity (Wildman–Crippen MR) is 15.8 cm³/mol. The summed E-state index contributed by atoms with van der Waals surface area (Å²) in [5.41, 5.74) is 0. The first-order valence-corrected chi connectivity index (χ1v) is 1.87. The van der Waals surface area contributed by atoms with Crippen molar-refractivity contribution in [3.8, 4) is 0 Å². The average molecular weight is 88.1 g/mol. The Hall–Kier alpha value is -0.120. The van der Waals surface area contributed by atoms with E-state index < -0.39 is 6.29 Å². The van der Waals surface area contributed by atoms with Crippen LogP contribution in [0.5, 0.6) is 0 Å². The van der Waals surface area contributed by atoms with Crippen molar-refractivity contribution in [2.45, 2.75) is 18.7 Å². The Kier molecular flexibility index (Phi) is 0.306. The van der Waals surface area contributed by atoms with Gasteiger partial charge in [0.2, 0.25) is 0 Å². The van der Waals surface area contributed by atoms with Gasteiger partial charge in [-0.15, -0.1) is 0 Å². The van der Waals surface area contributed by atoms with Gasteiger partial charge >= 0.3 is 0 Å². The van der Waals surface area contributed by atoms with E-state index in [0.717, 1.165) is 0 Å². The van der Waals surface area contributed by atoms with E-state index in [1.807, 2.05) is 0 Å². The van der Waals surface area contributed by atoms with Crippen LogP contribution in [0.15, 0.2) is 0 Å². The van der Waals surface area contributed by atoms with Gasteiger partial charge in [-0.2, -0.15) is 0 Å². The molecule has 2 aliphatic rings. The molecule has 1 N–H and O–H groups in total. The number of hydrogen-bond donors (Lipinski definition) is 1. The minimum Gasteiger partial charge on any atom is -0.366 e. The van der Waals surface area contributed by atoms with E-state index in [1.165, 1.54) is 0 Å². The van der Waals surface area contributed by atoms with Gasteiger partial charge in [-0.1, -0.05) is 0 Å². The molecule has 3 atom stereocenters. The van der Waals surface area contributed by atoms with Gasteiger partial charge in [0.1, 0.15) is 0 Å². The number of aliphatic hydroxyl groups is 1. The standard InChI is InChI=1S/C3H4O3/c4-2-1-3(5-1)6-2/h1-4H. The Morgan fingerprint density at radius 3 is 2.17 bits per heavy atom. The third kappa shape index (κ3) is 0.167. The maximum absolute atomic E-state index is 8.41. The van der Waals surface area contributed by atoms with Crippen molar-refractivity contribution in [3.05, 3.63) is 0 Å². The Morgan fingerprint density at radius 1 is 1.33 bits per heavy atom. The van der Waals surface area contributed by atoms with E-state index in [1.54, 1.807) is 0 Å². The highest BCUT2D eigenvalue weighted by Crippen LogP contribution is 2.38. The third-order valence-corrected chi connectivity index (χ3v) is 1.04. The summed E-state index contributed by atoms with van der Waals surface area (Å²) in [6.07, 6.45) is -0.625. The Morgan fingerprint density at radius 2 is 2.17 bits per heavy atom. The van der Waals surface area contributed by atoms with Crippen molar-refractivity contribution >= 4 is 0 Å². The van der Waals surface area contributed by atoms with Crippen molar-refractivity contribution in [1.29, 1.82) is 0 Å². The van der Waals surface area contributed by atoms with Crippen LogP contribution < -0.4 is 0 Å². The van der Waals surface area contributed by atoms with Crippen LogP contribution in [0.25, 0.3) is 0 Å². The summed E-state index contributed by atoms with van der Waals surface area (Å²) in [6, 6.07) is 0. The molecule has 0 spiro atoms. The zero-order valence-electron chi connectivity index (χ0n) is 3.00. The summed E-state index contributed by atoms with van der Waals surface area (Å²) in [5.74, 6) is 0. The van der Waals surface area contributed by atoms with Crippen molar-refractivity contribution < 1.29 is 14.6 Å². The molecule has 34 valence electrons. The minimum atomic E-state index is -0.616. The molecule has 3 nitrogen and oxygen atoms in total. The lowest BCUT2D eigenvalue weighted by molar-refractivity contribution is -0.168. The van der Waals surface area contributed by atoms with Gasteiger partial charge in [0, 0.05) is 0 Å². The molecule has 0 aromatic rings. The van der Waals surface area contributed by atoms with Crippen LogP contribution in [0.3, 0.4) is 0 Å². The third-order valence-electron chi connectivity index (χ3n) is 1.04. The van der Waals surface area contributed by atoms with Gasteiger partial charge in [-0.05, 0) is 0 Å². The van der Waals surface area contributed by atoms with Crippen molar-refractivity contribution in [1.82, 2.24) is 0 Å². The molecule has 3 unspecified atom stereocenters. The molecule has 6 heavy (non-hydrogen) atoms. The number of hydrogen-bond acceptors (Lipinski definition) is 3. The molecule has 0 saturated carbocycles. The van der Waals surface area contributed by atoms with Crippen LogP contribution in [0.1, 0.15) is 0 Å². The number of ether oxygens (including phenoxy) is 2. The topological polar surface area (TPSA) is 42.0 Å². The van der Waals surface area contributed by atoms with Gasteiger partial charge in [-0.25, -0.2) is 0 Å². The molecule has 2 fully saturated rings. The summed E-state index contributed by atoms with van der Waals surface area (Å²) < 4.78 is 9.21. The van der Waals surface area contributed by atoms with Crippen LogP contribution >= 0.6 is 0 Å². The molecule has 2 heterocycles. The van der Waals surface area contributed by atoms with Crippen LogP contribution in [0, 0.1) is 0 Å². The van der Waals surface area contributed by atoms with E-state index in [-0.39, 0.29) is 12.4 Å². The molecule has 2 rings (SSSR count). The van der Waals surface area contributed by atoms with Crippen LogP contribution in [0.4, 0.5) is 0 Å². The highest BCUT2D eigenvalue weighted by molar-refractivity contribution is 4.88. The fraction of sp³-hybridized carbons (Fsp3) is 1.00. The van der Waals surface area contributed by atoms with Gasteiger partial charge in [0.05, 0.1) is 0 Å². The highest BCUT2D eigenvalue weighted by Gasteiger charge is 2.57. The summed E-state index contributed by atoms with van der Waals surface area (Å²) >= 11 is 0. The molecule has 2 saturated heterocycles. The number of fused-ring (bicyclic) bond motifs is 1. The Bertz CT molecular complexity index is 82.1. The van der Waals surface area contributed by atoms with Crippen LogP contribution in [0.2, 0.25) is 0 Å². The van der Waals surface area contributed by atoms with Gasteiger partial charge in [0.25, 0.3) is 0 Å². The van der Waals surface area contributed by atoms with Gasteiger partial charge in [-0.3, -0.25) is 0 Å².